The first-order valence-corrected chi connectivity index (χ1v) is 23.4. The molecule has 336 valence electrons. The Bertz CT molecular complexity index is 2800. The van der Waals surface area contributed by atoms with Crippen LogP contribution in [-0.2, 0) is 39.7 Å². The number of hydrogen-bond donors (Lipinski definition) is 1. The van der Waals surface area contributed by atoms with E-state index in [9.17, 15) is 21.6 Å². The standard InChI is InChI=1S/C50H42F3N5O6S2/c1-65-45-41-44(56-47(54)57-45)58(33-55-41)46-43(63-49(37-26-14-5-15-27-37,38-28-16-6-17-29-38)39-30-18-7-19-31-39)42(64-66(59,60)50(51,52)53)40(62-46)32-61-48(34-20-8-2-9-21-34,35-22-10-3-11-23-35)36-24-12-4-13-25-36/h2-31,33,40,42-43,46H,32H2,1H3,(H2,54,56,57)/t40-,42-,43-,46-/m1/s1. The molecule has 1 saturated heterocycles. The third-order valence-electron chi connectivity index (χ3n) is 11.5. The van der Waals surface area contributed by atoms with Gasteiger partial charge in [-0.1, -0.05) is 182 Å². The van der Waals surface area contributed by atoms with E-state index in [1.54, 1.807) is 6.26 Å². The van der Waals surface area contributed by atoms with Crippen LogP contribution in [0.5, 0.6) is 0 Å². The molecular weight excluding hydrogens is 888 g/mol. The zero-order valence-electron chi connectivity index (χ0n) is 35.2. The molecule has 0 unspecified atom stereocenters. The summed E-state index contributed by atoms with van der Waals surface area (Å²) in [6.07, 6.45) is -3.61. The van der Waals surface area contributed by atoms with Gasteiger partial charge in [-0.2, -0.15) is 26.6 Å². The summed E-state index contributed by atoms with van der Waals surface area (Å²) in [5.74, 6) is -0.109. The number of fused-ring (bicyclic) bond motifs is 1. The molecule has 66 heavy (non-hydrogen) atoms. The molecule has 3 heterocycles. The van der Waals surface area contributed by atoms with E-state index >= 15 is 0 Å². The molecule has 2 N–H and O–H groups in total. The highest BCUT2D eigenvalue weighted by Crippen LogP contribution is 2.49. The second-order valence-corrected chi connectivity index (χ2v) is 17.8. The molecule has 2 aromatic heterocycles. The first kappa shape index (κ1) is 44.8. The minimum atomic E-state index is -6.35. The number of thioether (sulfide) groups is 1. The number of nitrogens with two attached hydrogens (primary N) is 1. The number of halogens is 3. The van der Waals surface area contributed by atoms with Crippen LogP contribution in [0.15, 0.2) is 193 Å². The number of rotatable bonds is 15. The van der Waals surface area contributed by atoms with Crippen molar-refractivity contribution in [2.45, 2.75) is 46.3 Å². The van der Waals surface area contributed by atoms with Gasteiger partial charge in [0.05, 0.1) is 12.9 Å². The van der Waals surface area contributed by atoms with Gasteiger partial charge in [-0.05, 0) is 39.6 Å². The fourth-order valence-corrected chi connectivity index (χ4v) is 9.80. The normalized spacial score (nSPS) is 18.1. The molecule has 0 amide bonds. The largest absolute Gasteiger partial charge is 0.523 e. The quantitative estimate of drug-likeness (QED) is 0.0346. The van der Waals surface area contributed by atoms with E-state index in [0.717, 1.165) is 0 Å². The Morgan fingerprint density at radius 2 is 1.05 bits per heavy atom. The summed E-state index contributed by atoms with van der Waals surface area (Å²) in [6, 6.07) is 55.2. The molecule has 0 spiro atoms. The maximum absolute atomic E-state index is 14.7. The minimum absolute atomic E-state index is 0.109. The lowest BCUT2D eigenvalue weighted by Gasteiger charge is -2.40. The van der Waals surface area contributed by atoms with Gasteiger partial charge >= 0.3 is 15.6 Å². The van der Waals surface area contributed by atoms with Crippen LogP contribution in [0.25, 0.3) is 11.2 Å². The van der Waals surface area contributed by atoms with Crippen LogP contribution < -0.4 is 5.73 Å². The second kappa shape index (κ2) is 18.5. The van der Waals surface area contributed by atoms with Crippen molar-refractivity contribution in [3.05, 3.63) is 222 Å². The highest BCUT2D eigenvalue weighted by Gasteiger charge is 2.58. The van der Waals surface area contributed by atoms with E-state index < -0.39 is 58.0 Å². The maximum atomic E-state index is 14.7. The monoisotopic (exact) mass is 929 g/mol. The lowest BCUT2D eigenvalue weighted by Crippen LogP contribution is -2.48. The number of ether oxygens (including phenoxy) is 3. The van der Waals surface area contributed by atoms with E-state index in [-0.39, 0.29) is 11.6 Å². The fraction of sp³-hybridized carbons (Fsp3) is 0.180. The Labute approximate surface area is 383 Å². The van der Waals surface area contributed by atoms with Crippen molar-refractivity contribution in [3.8, 4) is 0 Å². The van der Waals surface area contributed by atoms with Gasteiger partial charge in [-0.15, -0.1) is 11.8 Å². The molecular formula is C50H42F3N5O6S2. The molecule has 9 rings (SSSR count). The lowest BCUT2D eigenvalue weighted by molar-refractivity contribution is -0.122. The number of hydrogen-bond acceptors (Lipinski definition) is 11. The Morgan fingerprint density at radius 3 is 1.44 bits per heavy atom. The van der Waals surface area contributed by atoms with Crippen molar-refractivity contribution in [2.75, 3.05) is 18.6 Å². The number of nitrogen functional groups attached to an aromatic ring is 1. The number of nitrogens with zero attached hydrogens (tertiary/aromatic N) is 4. The van der Waals surface area contributed by atoms with Gasteiger partial charge in [-0.25, -0.2) is 9.97 Å². The van der Waals surface area contributed by atoms with Crippen LogP contribution in [0, 0.1) is 0 Å². The van der Waals surface area contributed by atoms with Crippen LogP contribution in [0.2, 0.25) is 0 Å². The summed E-state index contributed by atoms with van der Waals surface area (Å²) >= 11 is 1.26. The van der Waals surface area contributed by atoms with Crippen molar-refractivity contribution < 1.29 is 40.0 Å². The van der Waals surface area contributed by atoms with Gasteiger partial charge in [-0.3, -0.25) is 8.75 Å². The number of aromatic nitrogens is 4. The average Bonchev–Trinajstić information content (AvgIpc) is 3.92. The summed E-state index contributed by atoms with van der Waals surface area (Å²) in [4.78, 5) is 13.5. The summed E-state index contributed by atoms with van der Waals surface area (Å²) in [7, 11) is -6.35. The van der Waals surface area contributed by atoms with Gasteiger partial charge < -0.3 is 19.9 Å². The molecule has 1 aliphatic rings. The van der Waals surface area contributed by atoms with Gasteiger partial charge in [0.2, 0.25) is 5.95 Å². The molecule has 0 bridgehead atoms. The fourth-order valence-electron chi connectivity index (χ4n) is 8.65. The molecule has 1 aliphatic heterocycles. The van der Waals surface area contributed by atoms with Crippen molar-refractivity contribution in [3.63, 3.8) is 0 Å². The van der Waals surface area contributed by atoms with Crippen LogP contribution in [-0.4, -0.2) is 64.6 Å². The highest BCUT2D eigenvalue weighted by molar-refractivity contribution is 7.98. The third-order valence-corrected chi connectivity index (χ3v) is 13.3. The predicted octanol–water partition coefficient (Wildman–Crippen LogP) is 9.65. The van der Waals surface area contributed by atoms with Gasteiger partial charge in [0, 0.05) is 0 Å². The topological polar surface area (TPSA) is 141 Å². The van der Waals surface area contributed by atoms with Crippen LogP contribution in [0.3, 0.4) is 0 Å². The van der Waals surface area contributed by atoms with Gasteiger partial charge in [0.1, 0.15) is 40.1 Å². The summed E-state index contributed by atoms with van der Waals surface area (Å²) in [5, 5.41) is 0.421. The first-order valence-electron chi connectivity index (χ1n) is 20.8. The Morgan fingerprint density at radius 1 is 0.636 bits per heavy atom. The molecule has 1 fully saturated rings. The van der Waals surface area contributed by atoms with Gasteiger partial charge in [0.25, 0.3) is 0 Å². The predicted molar refractivity (Wildman–Crippen MR) is 245 cm³/mol. The zero-order chi connectivity index (χ0) is 45.9. The van der Waals surface area contributed by atoms with Crippen molar-refractivity contribution in [2.24, 2.45) is 0 Å². The Hall–Kier alpha value is -6.40. The molecule has 6 aromatic carbocycles. The minimum Gasteiger partial charge on any atom is -0.368 e. The number of benzene rings is 6. The SMILES string of the molecule is CSc1nc(N)nc2c1ncn2[C@@H]1O[C@H](COC(c2ccccc2)(c2ccccc2)c2ccccc2)[C@@H](OS(=O)(=O)C(F)(F)F)[C@H]1OC(c1ccccc1)(c1ccccc1)c1ccccc1. The highest BCUT2D eigenvalue weighted by atomic mass is 32.2. The maximum Gasteiger partial charge on any atom is 0.523 e. The molecule has 16 heteroatoms. The van der Waals surface area contributed by atoms with Crippen LogP contribution in [0.4, 0.5) is 19.1 Å². The van der Waals surface area contributed by atoms with E-state index in [0.29, 0.717) is 43.9 Å². The zero-order valence-corrected chi connectivity index (χ0v) is 36.8. The molecule has 0 aliphatic carbocycles. The number of anilines is 1. The first-order chi connectivity index (χ1) is 32.0. The number of alkyl halides is 3. The third kappa shape index (κ3) is 8.25. The Kier molecular flexibility index (Phi) is 12.5. The second-order valence-electron chi connectivity index (χ2n) is 15.4. The smallest absolute Gasteiger partial charge is 0.368 e. The van der Waals surface area contributed by atoms with Gasteiger partial charge in [0.15, 0.2) is 11.9 Å². The van der Waals surface area contributed by atoms with Crippen LogP contribution in [0.1, 0.15) is 39.6 Å². The van der Waals surface area contributed by atoms with E-state index in [1.165, 1.54) is 22.7 Å². The summed E-state index contributed by atoms with van der Waals surface area (Å²) in [5.41, 5.74) is 1.58. The van der Waals surface area contributed by atoms with E-state index in [4.69, 9.17) is 24.1 Å². The molecule has 4 atom stereocenters. The average molecular weight is 930 g/mol. The molecule has 11 nitrogen and oxygen atoms in total. The van der Waals surface area contributed by atoms with Crippen molar-refractivity contribution >= 4 is 39.0 Å². The summed E-state index contributed by atoms with van der Waals surface area (Å²) < 4.78 is 99.6. The van der Waals surface area contributed by atoms with E-state index in [1.807, 2.05) is 182 Å². The molecule has 8 aromatic rings. The molecule has 0 radical (unpaired) electrons. The summed E-state index contributed by atoms with van der Waals surface area (Å²) in [6.45, 7) is -0.526. The number of imidazole rings is 1. The lowest BCUT2D eigenvalue weighted by atomic mass is 9.79. The van der Waals surface area contributed by atoms with Crippen molar-refractivity contribution in [1.82, 2.24) is 19.5 Å². The molecule has 0 saturated carbocycles. The Balaban J connectivity index is 1.29. The van der Waals surface area contributed by atoms with Crippen molar-refractivity contribution in [1.29, 1.82) is 0 Å². The van der Waals surface area contributed by atoms with Crippen LogP contribution >= 0.6 is 11.8 Å². The van der Waals surface area contributed by atoms with E-state index in [2.05, 4.69) is 15.0 Å².